The maximum atomic E-state index is 12.2. The fourth-order valence-corrected chi connectivity index (χ4v) is 3.65. The molecule has 1 aromatic heterocycles. The highest BCUT2D eigenvalue weighted by molar-refractivity contribution is 7.99. The second-order valence-corrected chi connectivity index (χ2v) is 7.55. The lowest BCUT2D eigenvalue weighted by atomic mass is 10.1. The Labute approximate surface area is 168 Å². The standard InChI is InChI=1S/C20H21ClN4OS/c1-14-5-3-4-6-18(14)25-15(2)23-24-20(25)27-13-19(26)22-12-11-16-7-9-17(21)10-8-16/h3-10H,11-13H2,1-2H3,(H,22,26). The van der Waals surface area contributed by atoms with Crippen molar-refractivity contribution >= 4 is 29.3 Å². The zero-order valence-corrected chi connectivity index (χ0v) is 16.8. The summed E-state index contributed by atoms with van der Waals surface area (Å²) in [5.41, 5.74) is 3.31. The predicted molar refractivity (Wildman–Crippen MR) is 110 cm³/mol. The highest BCUT2D eigenvalue weighted by Crippen LogP contribution is 2.23. The molecule has 0 aliphatic heterocycles. The highest BCUT2D eigenvalue weighted by Gasteiger charge is 2.14. The summed E-state index contributed by atoms with van der Waals surface area (Å²) in [6, 6.07) is 15.7. The molecular weight excluding hydrogens is 380 g/mol. The molecule has 0 unspecified atom stereocenters. The molecule has 7 heteroatoms. The molecule has 0 aliphatic carbocycles. The number of benzene rings is 2. The van der Waals surface area contributed by atoms with Crippen LogP contribution in [0.25, 0.3) is 5.69 Å². The maximum absolute atomic E-state index is 12.2. The Kier molecular flexibility index (Phi) is 6.53. The van der Waals surface area contributed by atoms with Crippen molar-refractivity contribution in [2.75, 3.05) is 12.3 Å². The van der Waals surface area contributed by atoms with Crippen LogP contribution in [0.3, 0.4) is 0 Å². The van der Waals surface area contributed by atoms with Gasteiger partial charge in [-0.1, -0.05) is 53.7 Å². The van der Waals surface area contributed by atoms with E-state index in [0.717, 1.165) is 34.2 Å². The van der Waals surface area contributed by atoms with Gasteiger partial charge in [0.2, 0.25) is 5.91 Å². The van der Waals surface area contributed by atoms with Crippen LogP contribution < -0.4 is 5.32 Å². The second-order valence-electron chi connectivity index (χ2n) is 6.17. The quantitative estimate of drug-likeness (QED) is 0.609. The van der Waals surface area contributed by atoms with E-state index in [1.54, 1.807) is 0 Å². The monoisotopic (exact) mass is 400 g/mol. The molecule has 5 nitrogen and oxygen atoms in total. The van der Waals surface area contributed by atoms with E-state index in [9.17, 15) is 4.79 Å². The van der Waals surface area contributed by atoms with Crippen molar-refractivity contribution in [3.05, 3.63) is 70.5 Å². The zero-order chi connectivity index (χ0) is 19.2. The van der Waals surface area contributed by atoms with Gasteiger partial charge in [0.25, 0.3) is 0 Å². The average molecular weight is 401 g/mol. The number of carbonyl (C=O) groups excluding carboxylic acids is 1. The molecule has 1 heterocycles. The molecule has 140 valence electrons. The normalized spacial score (nSPS) is 10.8. The van der Waals surface area contributed by atoms with Crippen LogP contribution in [-0.4, -0.2) is 33.0 Å². The topological polar surface area (TPSA) is 59.8 Å². The summed E-state index contributed by atoms with van der Waals surface area (Å²) in [6.45, 7) is 4.55. The van der Waals surface area contributed by atoms with Crippen LogP contribution in [0.2, 0.25) is 5.02 Å². The summed E-state index contributed by atoms with van der Waals surface area (Å²) >= 11 is 7.27. The number of amides is 1. The predicted octanol–water partition coefficient (Wildman–Crippen LogP) is 3.99. The molecule has 1 N–H and O–H groups in total. The van der Waals surface area contributed by atoms with Crippen molar-refractivity contribution in [2.45, 2.75) is 25.4 Å². The van der Waals surface area contributed by atoms with E-state index in [0.29, 0.717) is 17.3 Å². The molecule has 0 saturated carbocycles. The third-order valence-electron chi connectivity index (χ3n) is 4.13. The maximum Gasteiger partial charge on any atom is 0.230 e. The summed E-state index contributed by atoms with van der Waals surface area (Å²) in [4.78, 5) is 12.2. The Hall–Kier alpha value is -2.31. The van der Waals surface area contributed by atoms with Crippen LogP contribution in [0.5, 0.6) is 0 Å². The third-order valence-corrected chi connectivity index (χ3v) is 5.31. The number of thioether (sulfide) groups is 1. The molecule has 0 saturated heterocycles. The Morgan fingerprint density at radius 3 is 2.59 bits per heavy atom. The average Bonchev–Trinajstić information content (AvgIpc) is 3.02. The van der Waals surface area contributed by atoms with Gasteiger partial charge in [0.1, 0.15) is 5.82 Å². The second kappa shape index (κ2) is 9.06. The van der Waals surface area contributed by atoms with E-state index in [2.05, 4.69) is 15.5 Å². The van der Waals surface area contributed by atoms with E-state index in [4.69, 9.17) is 11.6 Å². The first-order chi connectivity index (χ1) is 13.0. The molecule has 0 fully saturated rings. The number of nitrogens with one attached hydrogen (secondary N) is 1. The van der Waals surface area contributed by atoms with Crippen LogP contribution in [-0.2, 0) is 11.2 Å². The summed E-state index contributed by atoms with van der Waals surface area (Å²) < 4.78 is 1.99. The van der Waals surface area contributed by atoms with Gasteiger partial charge < -0.3 is 5.32 Å². The van der Waals surface area contributed by atoms with Gasteiger partial charge in [-0.2, -0.15) is 0 Å². The number of carbonyl (C=O) groups is 1. The van der Waals surface area contributed by atoms with Crippen LogP contribution >= 0.6 is 23.4 Å². The number of nitrogens with zero attached hydrogens (tertiary/aromatic N) is 3. The van der Waals surface area contributed by atoms with Crippen LogP contribution in [0, 0.1) is 13.8 Å². The van der Waals surface area contributed by atoms with Crippen molar-refractivity contribution in [3.8, 4) is 5.69 Å². The molecule has 2 aromatic carbocycles. The Morgan fingerprint density at radius 1 is 1.11 bits per heavy atom. The Bertz CT molecular complexity index is 924. The molecule has 3 rings (SSSR count). The van der Waals surface area contributed by atoms with Crippen molar-refractivity contribution in [3.63, 3.8) is 0 Å². The lowest BCUT2D eigenvalue weighted by Gasteiger charge is -2.11. The first-order valence-electron chi connectivity index (χ1n) is 8.66. The number of hydrogen-bond acceptors (Lipinski definition) is 4. The van der Waals surface area contributed by atoms with Crippen molar-refractivity contribution < 1.29 is 4.79 Å². The first kappa shape index (κ1) is 19.5. The fraction of sp³-hybridized carbons (Fsp3) is 0.250. The number of aryl methyl sites for hydroxylation is 2. The molecule has 0 spiro atoms. The number of halogens is 1. The number of aromatic nitrogens is 3. The molecule has 0 bridgehead atoms. The number of hydrogen-bond donors (Lipinski definition) is 1. The summed E-state index contributed by atoms with van der Waals surface area (Å²) in [7, 11) is 0. The van der Waals surface area contributed by atoms with E-state index in [1.807, 2.05) is 66.9 Å². The van der Waals surface area contributed by atoms with Crippen molar-refractivity contribution in [1.82, 2.24) is 20.1 Å². The Morgan fingerprint density at radius 2 is 1.85 bits per heavy atom. The van der Waals surface area contributed by atoms with Crippen LogP contribution in [0.4, 0.5) is 0 Å². The van der Waals surface area contributed by atoms with E-state index >= 15 is 0 Å². The number of rotatable bonds is 7. The van der Waals surface area contributed by atoms with E-state index < -0.39 is 0 Å². The zero-order valence-electron chi connectivity index (χ0n) is 15.3. The third kappa shape index (κ3) is 5.11. The van der Waals surface area contributed by atoms with Gasteiger partial charge >= 0.3 is 0 Å². The fourth-order valence-electron chi connectivity index (χ4n) is 2.71. The van der Waals surface area contributed by atoms with Gasteiger partial charge in [0.05, 0.1) is 11.4 Å². The summed E-state index contributed by atoms with van der Waals surface area (Å²) in [5, 5.41) is 12.8. The molecule has 27 heavy (non-hydrogen) atoms. The van der Waals surface area contributed by atoms with Crippen molar-refractivity contribution in [1.29, 1.82) is 0 Å². The van der Waals surface area contributed by atoms with Crippen LogP contribution in [0.1, 0.15) is 17.0 Å². The van der Waals surface area contributed by atoms with Gasteiger partial charge in [0, 0.05) is 11.6 Å². The molecule has 0 aliphatic rings. The largest absolute Gasteiger partial charge is 0.355 e. The molecular formula is C20H21ClN4OS. The van der Waals surface area contributed by atoms with E-state index in [1.165, 1.54) is 11.8 Å². The minimum absolute atomic E-state index is 0.0223. The SMILES string of the molecule is Cc1ccccc1-n1c(C)nnc1SCC(=O)NCCc1ccc(Cl)cc1. The lowest BCUT2D eigenvalue weighted by molar-refractivity contribution is -0.118. The Balaban J connectivity index is 1.55. The minimum Gasteiger partial charge on any atom is -0.355 e. The molecule has 1 amide bonds. The van der Waals surface area contributed by atoms with Gasteiger partial charge in [-0.15, -0.1) is 10.2 Å². The van der Waals surface area contributed by atoms with Gasteiger partial charge in [-0.3, -0.25) is 9.36 Å². The molecule has 3 aromatic rings. The molecule has 0 atom stereocenters. The van der Waals surface area contributed by atoms with E-state index in [-0.39, 0.29) is 5.91 Å². The highest BCUT2D eigenvalue weighted by atomic mass is 35.5. The van der Waals surface area contributed by atoms with Gasteiger partial charge in [0.15, 0.2) is 5.16 Å². The smallest absolute Gasteiger partial charge is 0.230 e. The minimum atomic E-state index is -0.0223. The van der Waals surface area contributed by atoms with Gasteiger partial charge in [-0.25, -0.2) is 0 Å². The van der Waals surface area contributed by atoms with Gasteiger partial charge in [-0.05, 0) is 49.6 Å². The molecule has 0 radical (unpaired) electrons. The van der Waals surface area contributed by atoms with Crippen molar-refractivity contribution in [2.24, 2.45) is 0 Å². The first-order valence-corrected chi connectivity index (χ1v) is 10.0. The summed E-state index contributed by atoms with van der Waals surface area (Å²) in [5.74, 6) is 1.07. The summed E-state index contributed by atoms with van der Waals surface area (Å²) in [6.07, 6.45) is 0.770. The lowest BCUT2D eigenvalue weighted by Crippen LogP contribution is -2.27. The number of para-hydroxylation sites is 1. The van der Waals surface area contributed by atoms with Crippen LogP contribution in [0.15, 0.2) is 53.7 Å².